The number of benzene rings is 1. The molecule has 0 aliphatic heterocycles. The molecule has 96 valence electrons. The van der Waals surface area contributed by atoms with E-state index >= 15 is 0 Å². The second-order valence-corrected chi connectivity index (χ2v) is 4.54. The number of anilines is 1. The van der Waals surface area contributed by atoms with Crippen LogP contribution in [0.3, 0.4) is 0 Å². The first-order chi connectivity index (χ1) is 8.63. The molecule has 0 fully saturated rings. The number of hydrogen-bond acceptors (Lipinski definition) is 2. The normalized spacial score (nSPS) is 10.6. The highest BCUT2D eigenvalue weighted by Gasteiger charge is 2.06. The van der Waals surface area contributed by atoms with E-state index in [1.165, 1.54) is 5.69 Å². The fourth-order valence-electron chi connectivity index (χ4n) is 2.13. The number of phenolic OH excluding ortho intramolecular Hbond substituents is 1. The molecule has 0 atom stereocenters. The SMILES string of the molecule is CCn1cccc1CNc1ccc(C)c(O)c1C. The average molecular weight is 244 g/mol. The summed E-state index contributed by atoms with van der Waals surface area (Å²) >= 11 is 0. The van der Waals surface area contributed by atoms with Gasteiger partial charge in [0.15, 0.2) is 0 Å². The maximum absolute atomic E-state index is 9.90. The minimum atomic E-state index is 0.380. The van der Waals surface area contributed by atoms with Gasteiger partial charge >= 0.3 is 0 Å². The number of nitrogens with zero attached hydrogens (tertiary/aromatic N) is 1. The van der Waals surface area contributed by atoms with E-state index < -0.39 is 0 Å². The quantitative estimate of drug-likeness (QED) is 0.864. The van der Waals surface area contributed by atoms with Crippen LogP contribution < -0.4 is 5.32 Å². The molecule has 1 aromatic heterocycles. The third-order valence-corrected chi connectivity index (χ3v) is 3.36. The van der Waals surface area contributed by atoms with Gasteiger partial charge in [0.05, 0.1) is 6.54 Å². The summed E-state index contributed by atoms with van der Waals surface area (Å²) in [4.78, 5) is 0. The lowest BCUT2D eigenvalue weighted by molar-refractivity contribution is 0.467. The Hall–Kier alpha value is -1.90. The van der Waals surface area contributed by atoms with Gasteiger partial charge in [-0.2, -0.15) is 0 Å². The molecule has 0 unspecified atom stereocenters. The van der Waals surface area contributed by atoms with E-state index in [0.29, 0.717) is 5.75 Å². The summed E-state index contributed by atoms with van der Waals surface area (Å²) in [5, 5.41) is 13.3. The van der Waals surface area contributed by atoms with Crippen molar-refractivity contribution in [3.63, 3.8) is 0 Å². The van der Waals surface area contributed by atoms with Crippen LogP contribution in [0.5, 0.6) is 5.75 Å². The molecule has 2 aromatic rings. The summed E-state index contributed by atoms with van der Waals surface area (Å²) in [7, 11) is 0. The zero-order chi connectivity index (χ0) is 13.1. The van der Waals surface area contributed by atoms with Gasteiger partial charge in [0, 0.05) is 29.7 Å². The molecule has 18 heavy (non-hydrogen) atoms. The van der Waals surface area contributed by atoms with Crippen molar-refractivity contribution in [2.75, 3.05) is 5.32 Å². The smallest absolute Gasteiger partial charge is 0.123 e. The van der Waals surface area contributed by atoms with Gasteiger partial charge in [-0.25, -0.2) is 0 Å². The highest BCUT2D eigenvalue weighted by atomic mass is 16.3. The molecule has 0 bridgehead atoms. The number of nitrogens with one attached hydrogen (secondary N) is 1. The van der Waals surface area contributed by atoms with Gasteiger partial charge in [-0.3, -0.25) is 0 Å². The van der Waals surface area contributed by atoms with Crippen molar-refractivity contribution < 1.29 is 5.11 Å². The van der Waals surface area contributed by atoms with Gasteiger partial charge in [0.2, 0.25) is 0 Å². The van der Waals surface area contributed by atoms with Crippen LogP contribution in [0.15, 0.2) is 30.5 Å². The number of hydrogen-bond donors (Lipinski definition) is 2. The van der Waals surface area contributed by atoms with E-state index in [2.05, 4.69) is 35.1 Å². The van der Waals surface area contributed by atoms with Gasteiger partial charge in [0.1, 0.15) is 5.75 Å². The van der Waals surface area contributed by atoms with Crippen molar-refractivity contribution in [3.8, 4) is 5.75 Å². The Bertz CT molecular complexity index is 543. The number of aromatic nitrogens is 1. The van der Waals surface area contributed by atoms with Gasteiger partial charge in [-0.05, 0) is 44.5 Å². The maximum Gasteiger partial charge on any atom is 0.123 e. The number of aryl methyl sites for hydroxylation is 2. The van der Waals surface area contributed by atoms with Gasteiger partial charge < -0.3 is 15.0 Å². The molecule has 1 aromatic carbocycles. The third-order valence-electron chi connectivity index (χ3n) is 3.36. The minimum absolute atomic E-state index is 0.380. The van der Waals surface area contributed by atoms with E-state index in [1.54, 1.807) is 0 Å². The molecule has 0 saturated heterocycles. The topological polar surface area (TPSA) is 37.2 Å². The largest absolute Gasteiger partial charge is 0.507 e. The van der Waals surface area contributed by atoms with E-state index in [9.17, 15) is 5.11 Å². The second-order valence-electron chi connectivity index (χ2n) is 4.54. The van der Waals surface area contributed by atoms with Gasteiger partial charge in [-0.15, -0.1) is 0 Å². The van der Waals surface area contributed by atoms with E-state index in [4.69, 9.17) is 0 Å². The van der Waals surface area contributed by atoms with E-state index in [1.807, 2.05) is 26.0 Å². The Morgan fingerprint density at radius 3 is 2.72 bits per heavy atom. The molecule has 0 saturated carbocycles. The lowest BCUT2D eigenvalue weighted by Gasteiger charge is -2.13. The summed E-state index contributed by atoms with van der Waals surface area (Å²) < 4.78 is 2.20. The molecule has 0 amide bonds. The summed E-state index contributed by atoms with van der Waals surface area (Å²) in [6, 6.07) is 8.12. The molecule has 0 aliphatic carbocycles. The summed E-state index contributed by atoms with van der Waals surface area (Å²) in [6.45, 7) is 7.72. The predicted octanol–water partition coefficient (Wildman–Crippen LogP) is 3.44. The predicted molar refractivity (Wildman–Crippen MR) is 75.0 cm³/mol. The minimum Gasteiger partial charge on any atom is -0.507 e. The van der Waals surface area contributed by atoms with Crippen LogP contribution >= 0.6 is 0 Å². The van der Waals surface area contributed by atoms with Crippen molar-refractivity contribution in [3.05, 3.63) is 47.3 Å². The average Bonchev–Trinajstić information content (AvgIpc) is 2.82. The van der Waals surface area contributed by atoms with Crippen LogP contribution in [-0.4, -0.2) is 9.67 Å². The lowest BCUT2D eigenvalue weighted by Crippen LogP contribution is -2.06. The monoisotopic (exact) mass is 244 g/mol. The number of rotatable bonds is 4. The molecule has 3 nitrogen and oxygen atoms in total. The van der Waals surface area contributed by atoms with Crippen LogP contribution in [-0.2, 0) is 13.1 Å². The fraction of sp³-hybridized carbons (Fsp3) is 0.333. The standard InChI is InChI=1S/C15H20N2O/c1-4-17-9-5-6-13(17)10-16-14-8-7-11(2)15(18)12(14)3/h5-9,16,18H,4,10H2,1-3H3. The Labute approximate surface area is 108 Å². The van der Waals surface area contributed by atoms with Crippen molar-refractivity contribution in [2.24, 2.45) is 0 Å². The fourth-order valence-corrected chi connectivity index (χ4v) is 2.13. The molecule has 0 radical (unpaired) electrons. The molecule has 0 aliphatic rings. The van der Waals surface area contributed by atoms with Crippen LogP contribution in [0.4, 0.5) is 5.69 Å². The molecule has 2 rings (SSSR count). The molecular formula is C15H20N2O. The molecule has 0 spiro atoms. The zero-order valence-corrected chi connectivity index (χ0v) is 11.2. The van der Waals surface area contributed by atoms with Crippen LogP contribution in [0.1, 0.15) is 23.7 Å². The van der Waals surface area contributed by atoms with Crippen LogP contribution in [0.2, 0.25) is 0 Å². The van der Waals surface area contributed by atoms with Gasteiger partial charge in [0.25, 0.3) is 0 Å². The summed E-state index contributed by atoms with van der Waals surface area (Å²) in [6.07, 6.45) is 2.08. The second kappa shape index (κ2) is 5.17. The summed E-state index contributed by atoms with van der Waals surface area (Å²) in [5.41, 5.74) is 4.05. The Kier molecular flexibility index (Phi) is 3.60. The van der Waals surface area contributed by atoms with Crippen LogP contribution in [0, 0.1) is 13.8 Å². The molecular weight excluding hydrogens is 224 g/mol. The first kappa shape index (κ1) is 12.6. The maximum atomic E-state index is 9.90. The van der Waals surface area contributed by atoms with E-state index in [-0.39, 0.29) is 0 Å². The highest BCUT2D eigenvalue weighted by molar-refractivity contribution is 5.59. The Morgan fingerprint density at radius 1 is 1.22 bits per heavy atom. The lowest BCUT2D eigenvalue weighted by atomic mass is 10.1. The van der Waals surface area contributed by atoms with E-state index in [0.717, 1.165) is 29.9 Å². The van der Waals surface area contributed by atoms with Crippen molar-refractivity contribution in [2.45, 2.75) is 33.9 Å². The zero-order valence-electron chi connectivity index (χ0n) is 11.2. The molecule has 2 N–H and O–H groups in total. The van der Waals surface area contributed by atoms with Gasteiger partial charge in [-0.1, -0.05) is 6.07 Å². The van der Waals surface area contributed by atoms with Crippen molar-refractivity contribution in [1.82, 2.24) is 4.57 Å². The molecule has 3 heteroatoms. The van der Waals surface area contributed by atoms with Crippen molar-refractivity contribution in [1.29, 1.82) is 0 Å². The van der Waals surface area contributed by atoms with Crippen molar-refractivity contribution >= 4 is 5.69 Å². The third kappa shape index (κ3) is 2.35. The Balaban J connectivity index is 2.14. The summed E-state index contributed by atoms with van der Waals surface area (Å²) in [5.74, 6) is 0.380. The number of phenols is 1. The first-order valence-electron chi connectivity index (χ1n) is 6.30. The Morgan fingerprint density at radius 2 is 2.00 bits per heavy atom. The number of aromatic hydroxyl groups is 1. The first-order valence-corrected chi connectivity index (χ1v) is 6.30. The molecule has 1 heterocycles. The highest BCUT2D eigenvalue weighted by Crippen LogP contribution is 2.28. The van der Waals surface area contributed by atoms with Crippen LogP contribution in [0.25, 0.3) is 0 Å².